The van der Waals surface area contributed by atoms with Gasteiger partial charge in [0.2, 0.25) is 5.91 Å². The fraction of sp³-hybridized carbons (Fsp3) is 0.375. The monoisotopic (exact) mass is 444 g/mol. The van der Waals surface area contributed by atoms with Gasteiger partial charge in [-0.2, -0.15) is 0 Å². The highest BCUT2D eigenvalue weighted by Crippen LogP contribution is 2.49. The Morgan fingerprint density at radius 1 is 1.00 bits per heavy atom. The average molecular weight is 444 g/mol. The van der Waals surface area contributed by atoms with Crippen molar-refractivity contribution in [1.82, 2.24) is 9.88 Å². The van der Waals surface area contributed by atoms with Crippen molar-refractivity contribution >= 4 is 16.8 Å². The number of likely N-dealkylation sites (tertiary alicyclic amines) is 1. The van der Waals surface area contributed by atoms with Crippen molar-refractivity contribution in [2.75, 3.05) is 13.1 Å². The van der Waals surface area contributed by atoms with Crippen LogP contribution in [-0.2, 0) is 4.79 Å². The van der Waals surface area contributed by atoms with E-state index >= 15 is 0 Å². The van der Waals surface area contributed by atoms with Gasteiger partial charge in [0.15, 0.2) is 5.79 Å². The molecule has 1 aliphatic heterocycles. The highest BCUT2D eigenvalue weighted by molar-refractivity contribution is 5.92. The molecule has 5 nitrogen and oxygen atoms in total. The molecule has 3 aromatic rings. The lowest BCUT2D eigenvalue weighted by molar-refractivity contribution is -0.192. The second-order valence-corrected chi connectivity index (χ2v) is 8.90. The summed E-state index contributed by atoms with van der Waals surface area (Å²) in [5, 5.41) is 19.8. The van der Waals surface area contributed by atoms with Crippen LogP contribution >= 0.6 is 0 Å². The minimum absolute atomic E-state index is 0.0303. The SMILES string of the molecule is O=C([C@H]1C[C@H](c2c(-c3ccc(F)cc3)[nH]c3c(F)cc(F)cc32)C1)N1CCC(O)(O)CC1. The number of carbonyl (C=O) groups is 1. The van der Waals surface area contributed by atoms with Gasteiger partial charge < -0.3 is 20.1 Å². The molecule has 168 valence electrons. The van der Waals surface area contributed by atoms with Gasteiger partial charge in [0.05, 0.1) is 11.2 Å². The highest BCUT2D eigenvalue weighted by Gasteiger charge is 2.42. The van der Waals surface area contributed by atoms with Crippen LogP contribution in [-0.4, -0.2) is 44.9 Å². The quantitative estimate of drug-likeness (QED) is 0.534. The number of amides is 1. The normalized spacial score (nSPS) is 22.7. The van der Waals surface area contributed by atoms with E-state index in [1.165, 1.54) is 18.2 Å². The number of aliphatic hydroxyl groups is 2. The van der Waals surface area contributed by atoms with E-state index < -0.39 is 23.2 Å². The molecule has 0 radical (unpaired) electrons. The molecule has 0 atom stereocenters. The lowest BCUT2D eigenvalue weighted by Gasteiger charge is -2.41. The van der Waals surface area contributed by atoms with Crippen molar-refractivity contribution in [3.8, 4) is 11.3 Å². The lowest BCUT2D eigenvalue weighted by Crippen LogP contribution is -2.49. The number of rotatable bonds is 3. The van der Waals surface area contributed by atoms with Crippen LogP contribution in [0.3, 0.4) is 0 Å². The zero-order valence-electron chi connectivity index (χ0n) is 17.2. The van der Waals surface area contributed by atoms with Gasteiger partial charge in [-0.25, -0.2) is 13.2 Å². The van der Waals surface area contributed by atoms with Crippen molar-refractivity contribution in [2.24, 2.45) is 5.92 Å². The molecule has 1 saturated carbocycles. The molecule has 0 spiro atoms. The van der Waals surface area contributed by atoms with Crippen molar-refractivity contribution in [2.45, 2.75) is 37.4 Å². The van der Waals surface area contributed by atoms with E-state index in [0.29, 0.717) is 29.5 Å². The number of hydrogen-bond acceptors (Lipinski definition) is 3. The minimum atomic E-state index is -1.72. The molecule has 3 N–H and O–H groups in total. The molecule has 2 aromatic carbocycles. The number of aromatic nitrogens is 1. The maximum atomic E-state index is 14.5. The number of nitrogens with zero attached hydrogens (tertiary/aromatic N) is 1. The van der Waals surface area contributed by atoms with Crippen LogP contribution in [0.1, 0.15) is 37.2 Å². The van der Waals surface area contributed by atoms with E-state index in [0.717, 1.165) is 11.6 Å². The minimum Gasteiger partial charge on any atom is -0.365 e. The maximum absolute atomic E-state index is 14.5. The first kappa shape index (κ1) is 21.0. The Hall–Kier alpha value is -2.84. The van der Waals surface area contributed by atoms with Gasteiger partial charge in [-0.05, 0) is 60.2 Å². The second-order valence-electron chi connectivity index (χ2n) is 8.90. The highest BCUT2D eigenvalue weighted by atomic mass is 19.1. The number of nitrogens with one attached hydrogen (secondary N) is 1. The molecule has 2 aliphatic rings. The molecule has 1 saturated heterocycles. The van der Waals surface area contributed by atoms with Crippen molar-refractivity contribution in [1.29, 1.82) is 0 Å². The predicted molar refractivity (Wildman–Crippen MR) is 112 cm³/mol. The van der Waals surface area contributed by atoms with E-state index in [2.05, 4.69) is 4.98 Å². The summed E-state index contributed by atoms with van der Waals surface area (Å²) in [6, 6.07) is 7.91. The Kier molecular flexibility index (Phi) is 5.02. The molecular formula is C24H23F3N2O3. The zero-order chi connectivity index (χ0) is 22.6. The van der Waals surface area contributed by atoms with Gasteiger partial charge in [0, 0.05) is 43.3 Å². The summed E-state index contributed by atoms with van der Waals surface area (Å²) in [4.78, 5) is 17.6. The molecule has 2 heterocycles. The number of halogens is 3. The number of piperidine rings is 1. The molecule has 5 rings (SSSR count). The number of benzene rings is 2. The third-order valence-corrected chi connectivity index (χ3v) is 6.77. The number of hydrogen-bond donors (Lipinski definition) is 3. The Balaban J connectivity index is 1.44. The van der Waals surface area contributed by atoms with Gasteiger partial charge in [0.1, 0.15) is 17.5 Å². The molecule has 2 fully saturated rings. The van der Waals surface area contributed by atoms with Gasteiger partial charge in [-0.1, -0.05) is 0 Å². The summed E-state index contributed by atoms with van der Waals surface area (Å²) >= 11 is 0. The van der Waals surface area contributed by atoms with Crippen LogP contribution in [0.25, 0.3) is 22.2 Å². The van der Waals surface area contributed by atoms with Gasteiger partial charge in [-0.15, -0.1) is 0 Å². The third-order valence-electron chi connectivity index (χ3n) is 6.77. The fourth-order valence-corrected chi connectivity index (χ4v) is 4.91. The van der Waals surface area contributed by atoms with E-state index in [9.17, 15) is 28.2 Å². The van der Waals surface area contributed by atoms with Gasteiger partial charge >= 0.3 is 0 Å². The maximum Gasteiger partial charge on any atom is 0.225 e. The molecule has 0 unspecified atom stereocenters. The number of carbonyl (C=O) groups excluding carboxylic acids is 1. The summed E-state index contributed by atoms with van der Waals surface area (Å²) in [5.41, 5.74) is 2.18. The summed E-state index contributed by atoms with van der Waals surface area (Å²) < 4.78 is 41.9. The summed E-state index contributed by atoms with van der Waals surface area (Å²) in [6.07, 6.45) is 1.28. The van der Waals surface area contributed by atoms with Crippen molar-refractivity contribution in [3.05, 3.63) is 59.4 Å². The van der Waals surface area contributed by atoms with Crippen LogP contribution < -0.4 is 0 Å². The Labute approximate surface area is 182 Å². The topological polar surface area (TPSA) is 76.6 Å². The van der Waals surface area contributed by atoms with Crippen LogP contribution in [0.5, 0.6) is 0 Å². The molecule has 1 aliphatic carbocycles. The van der Waals surface area contributed by atoms with E-state index in [-0.39, 0.29) is 49.2 Å². The molecule has 1 amide bonds. The standard InChI is InChI=1S/C24H23F3N2O3/c25-16-3-1-13(2-4-16)21-20(18-11-17(26)12-19(27)22(18)28-21)14-9-15(10-14)23(30)29-7-5-24(31,32)6-8-29/h1-4,11-12,14-15,28,31-32H,5-10H2/t14-,15-. The van der Waals surface area contributed by atoms with E-state index in [1.807, 2.05) is 0 Å². The third kappa shape index (κ3) is 3.67. The summed E-state index contributed by atoms with van der Waals surface area (Å²) in [6.45, 7) is 0.578. The fourth-order valence-electron chi connectivity index (χ4n) is 4.91. The first-order valence-electron chi connectivity index (χ1n) is 10.7. The molecule has 8 heteroatoms. The van der Waals surface area contributed by atoms with Crippen LogP contribution in [0, 0.1) is 23.4 Å². The molecule has 1 aromatic heterocycles. The Morgan fingerprint density at radius 3 is 2.31 bits per heavy atom. The first-order valence-corrected chi connectivity index (χ1v) is 10.7. The summed E-state index contributed by atoms with van der Waals surface area (Å²) in [7, 11) is 0. The van der Waals surface area contributed by atoms with Crippen LogP contribution in [0.15, 0.2) is 36.4 Å². The van der Waals surface area contributed by atoms with Crippen LogP contribution in [0.4, 0.5) is 13.2 Å². The van der Waals surface area contributed by atoms with Gasteiger partial charge in [0.25, 0.3) is 0 Å². The molecule has 0 bridgehead atoms. The van der Waals surface area contributed by atoms with E-state index in [1.54, 1.807) is 17.0 Å². The largest absolute Gasteiger partial charge is 0.365 e. The second kappa shape index (κ2) is 7.64. The first-order chi connectivity index (χ1) is 15.2. The number of fused-ring (bicyclic) bond motifs is 1. The predicted octanol–water partition coefficient (Wildman–Crippen LogP) is 4.05. The van der Waals surface area contributed by atoms with E-state index in [4.69, 9.17) is 0 Å². The Bertz CT molecular complexity index is 1170. The number of aromatic amines is 1. The smallest absolute Gasteiger partial charge is 0.225 e. The van der Waals surface area contributed by atoms with Gasteiger partial charge in [-0.3, -0.25) is 4.79 Å². The summed E-state index contributed by atoms with van der Waals surface area (Å²) in [5.74, 6) is -3.84. The lowest BCUT2D eigenvalue weighted by atomic mass is 9.69. The average Bonchev–Trinajstić information content (AvgIpc) is 3.07. The zero-order valence-corrected chi connectivity index (χ0v) is 17.2. The van der Waals surface area contributed by atoms with Crippen LogP contribution in [0.2, 0.25) is 0 Å². The van der Waals surface area contributed by atoms with Crippen molar-refractivity contribution < 1.29 is 28.2 Å². The number of H-pyrrole nitrogens is 1. The molecular weight excluding hydrogens is 421 g/mol. The van der Waals surface area contributed by atoms with Crippen molar-refractivity contribution in [3.63, 3.8) is 0 Å². The Morgan fingerprint density at radius 2 is 1.66 bits per heavy atom. The molecule has 32 heavy (non-hydrogen) atoms.